The van der Waals surface area contributed by atoms with Crippen LogP contribution in [0.1, 0.15) is 29.8 Å². The van der Waals surface area contributed by atoms with Gasteiger partial charge >= 0.3 is 0 Å². The number of carbonyl (C=O) groups is 2. The second-order valence-corrected chi connectivity index (χ2v) is 7.18. The van der Waals surface area contributed by atoms with E-state index in [0.717, 1.165) is 5.56 Å². The minimum absolute atomic E-state index is 0.0908. The van der Waals surface area contributed by atoms with Crippen LogP contribution in [0, 0.1) is 5.82 Å². The lowest BCUT2D eigenvalue weighted by molar-refractivity contribution is -0.120. The molecular weight excluding hydrogens is 363 g/mol. The molecule has 0 aliphatic carbocycles. The maximum Gasteiger partial charge on any atom is 0.254 e. The molecule has 0 spiro atoms. The minimum Gasteiger partial charge on any atom is -0.486 e. The van der Waals surface area contributed by atoms with E-state index in [9.17, 15) is 14.0 Å². The van der Waals surface area contributed by atoms with E-state index in [-0.39, 0.29) is 23.4 Å². The summed E-state index contributed by atoms with van der Waals surface area (Å²) in [5.41, 5.74) is 0.542. The molecule has 0 atom stereocenters. The fourth-order valence-corrected chi connectivity index (χ4v) is 2.85. The number of carbonyl (C=O) groups excluding carboxylic acids is 2. The van der Waals surface area contributed by atoms with Crippen LogP contribution in [-0.4, -0.2) is 38.1 Å². The number of benzene rings is 2. The van der Waals surface area contributed by atoms with Crippen molar-refractivity contribution in [2.24, 2.45) is 0 Å². The standard InChI is InChI=1S/C21H23FN2O4/c1-21(2,14-7-8-17-18(11-14)28-10-9-27-17)13-24-19(25)12-23-20(26)15-5-3-4-6-16(15)22/h3-8,11H,9-10,12-13H2,1-2H3,(H,23,26)(H,24,25). The number of hydrogen-bond donors (Lipinski definition) is 2. The molecule has 1 aliphatic heterocycles. The molecule has 28 heavy (non-hydrogen) atoms. The van der Waals surface area contributed by atoms with Gasteiger partial charge in [0, 0.05) is 12.0 Å². The number of ether oxygens (including phenoxy) is 2. The molecule has 0 saturated heterocycles. The molecule has 0 radical (unpaired) electrons. The van der Waals surface area contributed by atoms with Gasteiger partial charge in [0.15, 0.2) is 11.5 Å². The van der Waals surface area contributed by atoms with Gasteiger partial charge in [0.05, 0.1) is 12.1 Å². The Hall–Kier alpha value is -3.09. The van der Waals surface area contributed by atoms with Gasteiger partial charge in [-0.1, -0.05) is 32.0 Å². The van der Waals surface area contributed by atoms with Gasteiger partial charge in [0.25, 0.3) is 5.91 Å². The van der Waals surface area contributed by atoms with E-state index in [1.54, 1.807) is 6.07 Å². The molecule has 0 bridgehead atoms. The summed E-state index contributed by atoms with van der Waals surface area (Å²) in [5.74, 6) is -0.194. The van der Waals surface area contributed by atoms with Gasteiger partial charge in [-0.05, 0) is 29.8 Å². The molecule has 7 heteroatoms. The lowest BCUT2D eigenvalue weighted by Gasteiger charge is -2.28. The van der Waals surface area contributed by atoms with Gasteiger partial charge < -0.3 is 20.1 Å². The molecule has 2 amide bonds. The normalized spacial score (nSPS) is 13.0. The molecule has 3 rings (SSSR count). The summed E-state index contributed by atoms with van der Waals surface area (Å²) in [4.78, 5) is 24.1. The largest absolute Gasteiger partial charge is 0.486 e. The summed E-state index contributed by atoms with van der Waals surface area (Å²) >= 11 is 0. The topological polar surface area (TPSA) is 76.7 Å². The molecule has 0 fully saturated rings. The molecule has 1 aliphatic rings. The number of rotatable bonds is 6. The number of amides is 2. The molecule has 2 aromatic carbocycles. The molecule has 6 nitrogen and oxygen atoms in total. The first-order valence-corrected chi connectivity index (χ1v) is 9.06. The highest BCUT2D eigenvalue weighted by Crippen LogP contribution is 2.34. The number of hydrogen-bond acceptors (Lipinski definition) is 4. The van der Waals surface area contributed by atoms with Crippen molar-refractivity contribution in [3.63, 3.8) is 0 Å². The lowest BCUT2D eigenvalue weighted by Crippen LogP contribution is -2.42. The Morgan fingerprint density at radius 1 is 1.04 bits per heavy atom. The summed E-state index contributed by atoms with van der Waals surface area (Å²) in [6, 6.07) is 11.4. The van der Waals surface area contributed by atoms with Crippen molar-refractivity contribution in [2.75, 3.05) is 26.3 Å². The number of nitrogens with one attached hydrogen (secondary N) is 2. The zero-order valence-corrected chi connectivity index (χ0v) is 15.9. The van der Waals surface area contributed by atoms with Crippen LogP contribution in [0.25, 0.3) is 0 Å². The SMILES string of the molecule is CC(C)(CNC(=O)CNC(=O)c1ccccc1F)c1ccc2c(c1)OCCO2. The molecule has 1 heterocycles. The average molecular weight is 386 g/mol. The van der Waals surface area contributed by atoms with E-state index in [4.69, 9.17) is 9.47 Å². The van der Waals surface area contributed by atoms with Crippen molar-refractivity contribution in [3.05, 3.63) is 59.4 Å². The maximum absolute atomic E-state index is 13.6. The fraction of sp³-hybridized carbons (Fsp3) is 0.333. The molecule has 148 valence electrons. The molecule has 2 aromatic rings. The Morgan fingerprint density at radius 2 is 1.75 bits per heavy atom. The van der Waals surface area contributed by atoms with Gasteiger partial charge in [-0.3, -0.25) is 9.59 Å². The van der Waals surface area contributed by atoms with E-state index < -0.39 is 11.7 Å². The molecular formula is C21H23FN2O4. The maximum atomic E-state index is 13.6. The van der Waals surface area contributed by atoms with Gasteiger partial charge in [-0.2, -0.15) is 0 Å². The molecule has 0 aromatic heterocycles. The average Bonchev–Trinajstić information content (AvgIpc) is 2.70. The zero-order valence-electron chi connectivity index (χ0n) is 15.9. The van der Waals surface area contributed by atoms with Gasteiger partial charge in [-0.25, -0.2) is 4.39 Å². The zero-order chi connectivity index (χ0) is 20.1. The van der Waals surface area contributed by atoms with E-state index in [0.29, 0.717) is 31.3 Å². The van der Waals surface area contributed by atoms with Crippen LogP contribution < -0.4 is 20.1 Å². The highest BCUT2D eigenvalue weighted by molar-refractivity contribution is 5.96. The van der Waals surface area contributed by atoms with Gasteiger partial charge in [0.1, 0.15) is 19.0 Å². The van der Waals surface area contributed by atoms with Crippen molar-refractivity contribution in [1.29, 1.82) is 0 Å². The number of fused-ring (bicyclic) bond motifs is 1. The predicted molar refractivity (Wildman–Crippen MR) is 102 cm³/mol. The third-order valence-corrected chi connectivity index (χ3v) is 4.58. The summed E-state index contributed by atoms with van der Waals surface area (Å²) in [5, 5.41) is 5.23. The lowest BCUT2D eigenvalue weighted by atomic mass is 9.84. The van der Waals surface area contributed by atoms with E-state index in [2.05, 4.69) is 10.6 Å². The van der Waals surface area contributed by atoms with Crippen LogP contribution in [0.5, 0.6) is 11.5 Å². The Bertz CT molecular complexity index is 882. The van der Waals surface area contributed by atoms with Gasteiger partial charge in [-0.15, -0.1) is 0 Å². The van der Waals surface area contributed by atoms with Crippen molar-refractivity contribution >= 4 is 11.8 Å². The smallest absolute Gasteiger partial charge is 0.254 e. The van der Waals surface area contributed by atoms with E-state index >= 15 is 0 Å². The fourth-order valence-electron chi connectivity index (χ4n) is 2.85. The second-order valence-electron chi connectivity index (χ2n) is 7.18. The van der Waals surface area contributed by atoms with Crippen LogP contribution in [0.3, 0.4) is 0 Å². The first-order valence-electron chi connectivity index (χ1n) is 9.06. The first kappa shape index (κ1) is 19.7. The first-order chi connectivity index (χ1) is 13.4. The van der Waals surface area contributed by atoms with Crippen LogP contribution in [0.15, 0.2) is 42.5 Å². The summed E-state index contributed by atoms with van der Waals surface area (Å²) in [6.45, 7) is 5.17. The van der Waals surface area contributed by atoms with Crippen molar-refractivity contribution in [1.82, 2.24) is 10.6 Å². The molecule has 0 saturated carbocycles. The van der Waals surface area contributed by atoms with Crippen LogP contribution in [0.2, 0.25) is 0 Å². The highest BCUT2D eigenvalue weighted by Gasteiger charge is 2.24. The van der Waals surface area contributed by atoms with E-state index in [1.807, 2.05) is 32.0 Å². The molecule has 2 N–H and O–H groups in total. The Labute approximate surface area is 163 Å². The Balaban J connectivity index is 1.53. The Kier molecular flexibility index (Phi) is 5.82. The van der Waals surface area contributed by atoms with Crippen molar-refractivity contribution in [2.45, 2.75) is 19.3 Å². The quantitative estimate of drug-likeness (QED) is 0.800. The summed E-state index contributed by atoms with van der Waals surface area (Å²) in [7, 11) is 0. The summed E-state index contributed by atoms with van der Waals surface area (Å²) in [6.07, 6.45) is 0. The van der Waals surface area contributed by atoms with Crippen LogP contribution in [-0.2, 0) is 10.2 Å². The van der Waals surface area contributed by atoms with Gasteiger partial charge in [0.2, 0.25) is 5.91 Å². The minimum atomic E-state index is -0.626. The highest BCUT2D eigenvalue weighted by atomic mass is 19.1. The number of halogens is 1. The molecule has 0 unspecified atom stereocenters. The second kappa shape index (κ2) is 8.29. The van der Waals surface area contributed by atoms with E-state index in [1.165, 1.54) is 18.2 Å². The van der Waals surface area contributed by atoms with Crippen molar-refractivity contribution in [3.8, 4) is 11.5 Å². The Morgan fingerprint density at radius 3 is 2.50 bits per heavy atom. The predicted octanol–water partition coefficient (Wildman–Crippen LogP) is 2.42. The third kappa shape index (κ3) is 4.60. The monoisotopic (exact) mass is 386 g/mol. The summed E-state index contributed by atoms with van der Waals surface area (Å²) < 4.78 is 24.7. The van der Waals surface area contributed by atoms with Crippen molar-refractivity contribution < 1.29 is 23.5 Å². The third-order valence-electron chi connectivity index (χ3n) is 4.58. The van der Waals surface area contributed by atoms with Crippen LogP contribution >= 0.6 is 0 Å². The van der Waals surface area contributed by atoms with Crippen LogP contribution in [0.4, 0.5) is 4.39 Å².